The summed E-state index contributed by atoms with van der Waals surface area (Å²) >= 11 is 0. The molecule has 0 aliphatic carbocycles. The molecule has 1 aliphatic rings. The van der Waals surface area contributed by atoms with Crippen molar-refractivity contribution in [3.63, 3.8) is 0 Å². The molecular formula is C26H29FN6O. The SMILES string of the molecule is CCc1ccc2[nH]c(=O)c([C@H](c3nnnn3Cc3ccc(F)cc3)N3CCC[C@@H](C)C3)cc2c1. The van der Waals surface area contributed by atoms with Crippen LogP contribution in [-0.4, -0.2) is 43.2 Å². The van der Waals surface area contributed by atoms with Crippen molar-refractivity contribution < 1.29 is 4.39 Å². The Kier molecular flexibility index (Phi) is 6.24. The molecule has 34 heavy (non-hydrogen) atoms. The summed E-state index contributed by atoms with van der Waals surface area (Å²) in [5, 5.41) is 13.6. The molecule has 0 saturated carbocycles. The number of hydrogen-bond donors (Lipinski definition) is 1. The van der Waals surface area contributed by atoms with Gasteiger partial charge in [0.15, 0.2) is 5.82 Å². The van der Waals surface area contributed by atoms with E-state index in [0.29, 0.717) is 23.9 Å². The van der Waals surface area contributed by atoms with Gasteiger partial charge in [-0.3, -0.25) is 9.69 Å². The number of piperidine rings is 1. The molecule has 8 heteroatoms. The lowest BCUT2D eigenvalue weighted by molar-refractivity contribution is 0.141. The molecule has 176 valence electrons. The Morgan fingerprint density at radius 2 is 1.94 bits per heavy atom. The molecule has 1 aliphatic heterocycles. The summed E-state index contributed by atoms with van der Waals surface area (Å²) in [5.74, 6) is 0.855. The summed E-state index contributed by atoms with van der Waals surface area (Å²) in [5.41, 5.74) is 3.44. The lowest BCUT2D eigenvalue weighted by Crippen LogP contribution is -2.41. The molecule has 7 nitrogen and oxygen atoms in total. The predicted octanol–water partition coefficient (Wildman–Crippen LogP) is 4.09. The molecular weight excluding hydrogens is 431 g/mol. The third-order valence-corrected chi connectivity index (χ3v) is 6.74. The van der Waals surface area contributed by atoms with Crippen LogP contribution in [0.25, 0.3) is 10.9 Å². The van der Waals surface area contributed by atoms with E-state index in [1.165, 1.54) is 17.7 Å². The smallest absolute Gasteiger partial charge is 0.253 e. The molecule has 4 aromatic rings. The van der Waals surface area contributed by atoms with Crippen molar-refractivity contribution >= 4 is 10.9 Å². The van der Waals surface area contributed by atoms with Gasteiger partial charge in [0.2, 0.25) is 0 Å². The summed E-state index contributed by atoms with van der Waals surface area (Å²) in [6.45, 7) is 6.48. The van der Waals surface area contributed by atoms with E-state index < -0.39 is 0 Å². The Balaban J connectivity index is 1.62. The highest BCUT2D eigenvalue weighted by atomic mass is 19.1. The first-order chi connectivity index (χ1) is 16.5. The van der Waals surface area contributed by atoms with Gasteiger partial charge < -0.3 is 4.98 Å². The highest BCUT2D eigenvalue weighted by Crippen LogP contribution is 2.31. The zero-order chi connectivity index (χ0) is 23.7. The molecule has 5 rings (SSSR count). The molecule has 1 saturated heterocycles. The Bertz CT molecular complexity index is 1350. The molecule has 0 amide bonds. The zero-order valence-electron chi connectivity index (χ0n) is 19.5. The lowest BCUT2D eigenvalue weighted by Gasteiger charge is -2.36. The van der Waals surface area contributed by atoms with E-state index in [4.69, 9.17) is 0 Å². The zero-order valence-corrected chi connectivity index (χ0v) is 19.5. The number of pyridine rings is 1. The van der Waals surface area contributed by atoms with Crippen molar-refractivity contribution in [2.24, 2.45) is 5.92 Å². The van der Waals surface area contributed by atoms with Crippen LogP contribution in [0.15, 0.2) is 53.3 Å². The van der Waals surface area contributed by atoms with E-state index in [1.807, 2.05) is 18.2 Å². The Morgan fingerprint density at radius 3 is 2.71 bits per heavy atom. The first-order valence-corrected chi connectivity index (χ1v) is 11.9. The van der Waals surface area contributed by atoms with Crippen LogP contribution in [0.3, 0.4) is 0 Å². The molecule has 0 radical (unpaired) electrons. The average Bonchev–Trinajstić information content (AvgIpc) is 3.28. The first-order valence-electron chi connectivity index (χ1n) is 11.9. The van der Waals surface area contributed by atoms with Gasteiger partial charge in [-0.25, -0.2) is 9.07 Å². The van der Waals surface area contributed by atoms with Crippen molar-refractivity contribution in [2.75, 3.05) is 13.1 Å². The predicted molar refractivity (Wildman–Crippen MR) is 129 cm³/mol. The normalized spacial score (nSPS) is 17.8. The van der Waals surface area contributed by atoms with Gasteiger partial charge in [-0.2, -0.15) is 0 Å². The maximum absolute atomic E-state index is 13.4. The quantitative estimate of drug-likeness (QED) is 0.469. The number of aromatic nitrogens is 5. The number of nitrogens with one attached hydrogen (secondary N) is 1. The standard InChI is InChI=1S/C26H29FN6O/c1-3-18-8-11-23-20(13-18)14-22(26(34)28-23)24(32-12-4-5-17(2)15-32)25-29-30-31-33(25)16-19-6-9-21(27)10-7-19/h6-11,13-14,17,24H,3-5,12,15-16H2,1-2H3,(H,28,34)/t17-,24-/m1/s1. The van der Waals surface area contributed by atoms with E-state index in [0.717, 1.165) is 48.8 Å². The van der Waals surface area contributed by atoms with E-state index in [-0.39, 0.29) is 17.4 Å². The number of halogens is 1. The van der Waals surface area contributed by atoms with Crippen LogP contribution >= 0.6 is 0 Å². The van der Waals surface area contributed by atoms with Gasteiger partial charge in [0, 0.05) is 17.6 Å². The summed E-state index contributed by atoms with van der Waals surface area (Å²) < 4.78 is 15.1. The van der Waals surface area contributed by atoms with Crippen LogP contribution in [0.4, 0.5) is 4.39 Å². The van der Waals surface area contributed by atoms with Gasteiger partial charge in [-0.1, -0.05) is 32.0 Å². The third kappa shape index (κ3) is 4.50. The molecule has 1 N–H and O–H groups in total. The van der Waals surface area contributed by atoms with E-state index in [1.54, 1.807) is 16.8 Å². The molecule has 0 bridgehead atoms. The molecule has 0 spiro atoms. The molecule has 3 heterocycles. The summed E-state index contributed by atoms with van der Waals surface area (Å²) in [7, 11) is 0. The van der Waals surface area contributed by atoms with Crippen LogP contribution in [0.2, 0.25) is 0 Å². The molecule has 2 aromatic heterocycles. The van der Waals surface area contributed by atoms with Gasteiger partial charge in [-0.15, -0.1) is 5.10 Å². The second kappa shape index (κ2) is 9.46. The number of hydrogen-bond acceptors (Lipinski definition) is 5. The topological polar surface area (TPSA) is 79.7 Å². The lowest BCUT2D eigenvalue weighted by atomic mass is 9.95. The number of likely N-dealkylation sites (tertiary alicyclic amines) is 1. The second-order valence-corrected chi connectivity index (χ2v) is 9.30. The number of nitrogens with zero attached hydrogens (tertiary/aromatic N) is 5. The summed E-state index contributed by atoms with van der Waals surface area (Å²) in [6, 6.07) is 14.1. The minimum absolute atomic E-state index is 0.128. The van der Waals surface area contributed by atoms with Gasteiger partial charge >= 0.3 is 0 Å². The fourth-order valence-electron chi connectivity index (χ4n) is 4.94. The van der Waals surface area contributed by atoms with Crippen LogP contribution in [0.1, 0.15) is 55.2 Å². The molecule has 2 atom stereocenters. The largest absolute Gasteiger partial charge is 0.322 e. The van der Waals surface area contributed by atoms with Gasteiger partial charge in [-0.05, 0) is 89.0 Å². The maximum atomic E-state index is 13.4. The number of aromatic amines is 1. The highest BCUT2D eigenvalue weighted by Gasteiger charge is 2.32. The number of rotatable bonds is 6. The van der Waals surface area contributed by atoms with E-state index in [9.17, 15) is 9.18 Å². The molecule has 1 fully saturated rings. The number of tetrazole rings is 1. The van der Waals surface area contributed by atoms with Crippen molar-refractivity contribution in [3.8, 4) is 0 Å². The third-order valence-electron chi connectivity index (χ3n) is 6.74. The van der Waals surface area contributed by atoms with Crippen molar-refractivity contribution in [3.05, 3.63) is 87.2 Å². The highest BCUT2D eigenvalue weighted by molar-refractivity contribution is 5.80. The summed E-state index contributed by atoms with van der Waals surface area (Å²) in [4.78, 5) is 18.8. The molecule has 0 unspecified atom stereocenters. The van der Waals surface area contributed by atoms with Gasteiger partial charge in [0.25, 0.3) is 5.56 Å². The first kappa shape index (κ1) is 22.4. The number of benzene rings is 2. The fraction of sp³-hybridized carbons (Fsp3) is 0.385. The van der Waals surface area contributed by atoms with E-state index in [2.05, 4.69) is 45.3 Å². The van der Waals surface area contributed by atoms with Gasteiger partial charge in [0.1, 0.15) is 11.9 Å². The van der Waals surface area contributed by atoms with Crippen molar-refractivity contribution in [2.45, 2.75) is 45.7 Å². The van der Waals surface area contributed by atoms with Crippen LogP contribution in [-0.2, 0) is 13.0 Å². The molecule has 2 aromatic carbocycles. The van der Waals surface area contributed by atoms with Gasteiger partial charge in [0.05, 0.1) is 6.54 Å². The Hall–Kier alpha value is -3.39. The van der Waals surface area contributed by atoms with E-state index >= 15 is 0 Å². The number of fused-ring (bicyclic) bond motifs is 1. The number of aryl methyl sites for hydroxylation is 1. The Morgan fingerprint density at radius 1 is 1.15 bits per heavy atom. The summed E-state index contributed by atoms with van der Waals surface area (Å²) in [6.07, 6.45) is 3.15. The maximum Gasteiger partial charge on any atom is 0.253 e. The number of H-pyrrole nitrogens is 1. The Labute approximate surface area is 197 Å². The minimum atomic E-state index is -0.378. The van der Waals surface area contributed by atoms with Crippen molar-refractivity contribution in [1.82, 2.24) is 30.1 Å². The van der Waals surface area contributed by atoms with Crippen LogP contribution in [0, 0.1) is 11.7 Å². The minimum Gasteiger partial charge on any atom is -0.322 e. The fourth-order valence-corrected chi connectivity index (χ4v) is 4.94. The van der Waals surface area contributed by atoms with Crippen molar-refractivity contribution in [1.29, 1.82) is 0 Å². The monoisotopic (exact) mass is 460 g/mol. The van der Waals surface area contributed by atoms with Crippen LogP contribution in [0.5, 0.6) is 0 Å². The average molecular weight is 461 g/mol. The second-order valence-electron chi connectivity index (χ2n) is 9.30. The van der Waals surface area contributed by atoms with Crippen LogP contribution < -0.4 is 5.56 Å².